The highest BCUT2D eigenvalue weighted by atomic mass is 16.3. The van der Waals surface area contributed by atoms with Crippen molar-refractivity contribution in [2.24, 2.45) is 0 Å². The lowest BCUT2D eigenvalue weighted by atomic mass is 9.95. The maximum atomic E-state index is 6.37. The fourth-order valence-electron chi connectivity index (χ4n) is 6.83. The molecular weight excluding hydrogens is 590 g/mol. The van der Waals surface area contributed by atoms with Crippen LogP contribution in [0.5, 0.6) is 0 Å². The van der Waals surface area contributed by atoms with E-state index in [9.17, 15) is 0 Å². The molecule has 0 spiro atoms. The van der Waals surface area contributed by atoms with E-state index in [2.05, 4.69) is 84.9 Å². The molecule has 3 aromatic heterocycles. The van der Waals surface area contributed by atoms with Gasteiger partial charge in [-0.2, -0.15) is 0 Å². The van der Waals surface area contributed by atoms with Crippen LogP contribution < -0.4 is 0 Å². The van der Waals surface area contributed by atoms with Crippen LogP contribution in [0.25, 0.3) is 99.9 Å². The molecule has 0 aliphatic rings. The lowest BCUT2D eigenvalue weighted by Crippen LogP contribution is -2.00. The molecule has 5 heteroatoms. The number of nitrogens with zero attached hydrogens (tertiary/aromatic N) is 3. The van der Waals surface area contributed by atoms with Gasteiger partial charge in [-0.3, -0.25) is 0 Å². The Kier molecular flexibility index (Phi) is 5.81. The molecule has 7 aromatic carbocycles. The van der Waals surface area contributed by atoms with Gasteiger partial charge >= 0.3 is 0 Å². The number of para-hydroxylation sites is 2. The summed E-state index contributed by atoms with van der Waals surface area (Å²) in [4.78, 5) is 15.0. The topological polar surface area (TPSA) is 65.0 Å². The number of benzene rings is 7. The lowest BCUT2D eigenvalue weighted by molar-refractivity contribution is 0.669. The van der Waals surface area contributed by atoms with Crippen molar-refractivity contribution < 1.29 is 8.83 Å². The predicted octanol–water partition coefficient (Wildman–Crippen LogP) is 11.5. The minimum atomic E-state index is 0.587. The fourth-order valence-corrected chi connectivity index (χ4v) is 6.83. The Hall–Kier alpha value is -6.59. The normalized spacial score (nSPS) is 11.8. The zero-order chi connectivity index (χ0) is 31.6. The largest absolute Gasteiger partial charge is 0.456 e. The van der Waals surface area contributed by atoms with Crippen molar-refractivity contribution >= 4 is 54.6 Å². The van der Waals surface area contributed by atoms with Crippen molar-refractivity contribution in [3.05, 3.63) is 152 Å². The molecule has 0 radical (unpaired) electrons. The first kappa shape index (κ1) is 26.6. The second-order valence-corrected chi connectivity index (χ2v) is 12.0. The summed E-state index contributed by atoms with van der Waals surface area (Å²) in [5.74, 6) is 1.80. The van der Waals surface area contributed by atoms with Gasteiger partial charge in [-0.15, -0.1) is 0 Å². The molecule has 10 aromatic rings. The monoisotopic (exact) mass is 615 g/mol. The van der Waals surface area contributed by atoms with Gasteiger partial charge in [-0.25, -0.2) is 15.0 Å². The van der Waals surface area contributed by atoms with Crippen LogP contribution in [0.4, 0.5) is 0 Å². The fraction of sp³-hybridized carbons (Fsp3) is 0. The zero-order valence-corrected chi connectivity index (χ0v) is 25.6. The van der Waals surface area contributed by atoms with E-state index < -0.39 is 0 Å². The molecule has 10 rings (SSSR count). The molecule has 48 heavy (non-hydrogen) atoms. The molecule has 0 saturated carbocycles. The van der Waals surface area contributed by atoms with E-state index >= 15 is 0 Å². The van der Waals surface area contributed by atoms with E-state index in [1.54, 1.807) is 0 Å². The SMILES string of the molecule is c1ccc(-c2nc(-c3cccc(-c4cccc5c4ccc4c6ccccc6oc54)c3)nc(-c3ccc4c(c3)oc3ccccc34)n2)cc1. The van der Waals surface area contributed by atoms with Gasteiger partial charge in [0.05, 0.1) is 0 Å². The highest BCUT2D eigenvalue weighted by molar-refractivity contribution is 6.17. The standard InChI is InChI=1S/C43H25N3O2/c1-2-10-26(11-3-1)41-44-42(46-43(45-41)29-20-21-34-32-14-4-6-18-37(32)47-39(34)25-29)28-13-8-12-27(24-28)30-16-9-17-35-31(30)22-23-36-33-15-5-7-19-38(33)48-40(35)36/h1-25H. The number of rotatable bonds is 4. The van der Waals surface area contributed by atoms with E-state index in [4.69, 9.17) is 23.8 Å². The molecule has 0 N–H and O–H groups in total. The molecule has 3 heterocycles. The van der Waals surface area contributed by atoms with Crippen molar-refractivity contribution in [1.82, 2.24) is 15.0 Å². The summed E-state index contributed by atoms with van der Waals surface area (Å²) in [6, 6.07) is 51.7. The van der Waals surface area contributed by atoms with Gasteiger partial charge in [0.25, 0.3) is 0 Å². The number of hydrogen-bond donors (Lipinski definition) is 0. The van der Waals surface area contributed by atoms with Crippen LogP contribution in [0.3, 0.4) is 0 Å². The van der Waals surface area contributed by atoms with Gasteiger partial charge in [0, 0.05) is 43.6 Å². The van der Waals surface area contributed by atoms with Crippen LogP contribution in [-0.4, -0.2) is 15.0 Å². The van der Waals surface area contributed by atoms with Crippen LogP contribution in [0.15, 0.2) is 160 Å². The van der Waals surface area contributed by atoms with Gasteiger partial charge in [0.15, 0.2) is 17.5 Å². The highest BCUT2D eigenvalue weighted by Gasteiger charge is 2.17. The molecule has 0 fully saturated rings. The molecule has 0 aliphatic heterocycles. The Morgan fingerprint density at radius 3 is 1.65 bits per heavy atom. The second kappa shape index (κ2) is 10.5. The van der Waals surface area contributed by atoms with Gasteiger partial charge in [-0.1, -0.05) is 115 Å². The van der Waals surface area contributed by atoms with Crippen LogP contribution in [0.2, 0.25) is 0 Å². The highest BCUT2D eigenvalue weighted by Crippen LogP contribution is 2.39. The maximum Gasteiger partial charge on any atom is 0.164 e. The molecule has 0 saturated heterocycles. The molecule has 0 atom stereocenters. The van der Waals surface area contributed by atoms with E-state index in [0.29, 0.717) is 17.5 Å². The first-order valence-corrected chi connectivity index (χ1v) is 15.9. The Bertz CT molecular complexity index is 2850. The number of fused-ring (bicyclic) bond motifs is 8. The van der Waals surface area contributed by atoms with Crippen LogP contribution >= 0.6 is 0 Å². The quantitative estimate of drug-likeness (QED) is 0.197. The lowest BCUT2D eigenvalue weighted by Gasteiger charge is -2.11. The minimum Gasteiger partial charge on any atom is -0.456 e. The molecule has 0 amide bonds. The second-order valence-electron chi connectivity index (χ2n) is 12.0. The maximum absolute atomic E-state index is 6.37. The van der Waals surface area contributed by atoms with Crippen molar-refractivity contribution in [3.63, 3.8) is 0 Å². The number of furan rings is 2. The minimum absolute atomic E-state index is 0.587. The van der Waals surface area contributed by atoms with Crippen molar-refractivity contribution in [2.75, 3.05) is 0 Å². The van der Waals surface area contributed by atoms with Crippen LogP contribution in [0, 0.1) is 0 Å². The molecule has 0 aliphatic carbocycles. The zero-order valence-electron chi connectivity index (χ0n) is 25.6. The summed E-state index contributed by atoms with van der Waals surface area (Å²) >= 11 is 0. The molecular formula is C43H25N3O2. The van der Waals surface area contributed by atoms with Crippen molar-refractivity contribution in [1.29, 1.82) is 0 Å². The molecule has 0 bridgehead atoms. The third-order valence-electron chi connectivity index (χ3n) is 9.14. The smallest absolute Gasteiger partial charge is 0.164 e. The summed E-state index contributed by atoms with van der Waals surface area (Å²) in [6.07, 6.45) is 0. The van der Waals surface area contributed by atoms with Crippen molar-refractivity contribution in [2.45, 2.75) is 0 Å². The predicted molar refractivity (Wildman–Crippen MR) is 194 cm³/mol. The van der Waals surface area contributed by atoms with Gasteiger partial charge in [-0.05, 0) is 52.9 Å². The summed E-state index contributed by atoms with van der Waals surface area (Å²) in [7, 11) is 0. The van der Waals surface area contributed by atoms with Gasteiger partial charge in [0.2, 0.25) is 0 Å². The average Bonchev–Trinajstić information content (AvgIpc) is 3.73. The van der Waals surface area contributed by atoms with Crippen LogP contribution in [0.1, 0.15) is 0 Å². The molecule has 5 nitrogen and oxygen atoms in total. The summed E-state index contributed by atoms with van der Waals surface area (Å²) in [5.41, 5.74) is 8.33. The summed E-state index contributed by atoms with van der Waals surface area (Å²) < 4.78 is 12.6. The number of hydrogen-bond acceptors (Lipinski definition) is 5. The Labute approximate surface area is 274 Å². The average molecular weight is 616 g/mol. The third-order valence-corrected chi connectivity index (χ3v) is 9.14. The third kappa shape index (κ3) is 4.22. The van der Waals surface area contributed by atoms with E-state index in [-0.39, 0.29) is 0 Å². The van der Waals surface area contributed by atoms with Crippen molar-refractivity contribution in [3.8, 4) is 45.3 Å². The van der Waals surface area contributed by atoms with E-state index in [1.165, 1.54) is 0 Å². The first-order chi connectivity index (χ1) is 23.8. The Morgan fingerprint density at radius 2 is 0.833 bits per heavy atom. The van der Waals surface area contributed by atoms with E-state index in [1.807, 2.05) is 66.7 Å². The summed E-state index contributed by atoms with van der Waals surface area (Å²) in [5, 5.41) is 6.61. The summed E-state index contributed by atoms with van der Waals surface area (Å²) in [6.45, 7) is 0. The Morgan fingerprint density at radius 1 is 0.312 bits per heavy atom. The molecule has 0 unspecified atom stereocenters. The van der Waals surface area contributed by atoms with E-state index in [0.717, 1.165) is 82.5 Å². The van der Waals surface area contributed by atoms with Gasteiger partial charge < -0.3 is 8.83 Å². The van der Waals surface area contributed by atoms with Crippen LogP contribution in [-0.2, 0) is 0 Å². The van der Waals surface area contributed by atoms with Gasteiger partial charge in [0.1, 0.15) is 22.3 Å². The Balaban J connectivity index is 1.13. The molecule has 224 valence electrons. The first-order valence-electron chi connectivity index (χ1n) is 15.9. The number of aromatic nitrogens is 3.